The van der Waals surface area contributed by atoms with Gasteiger partial charge in [-0.25, -0.2) is 0 Å². The Morgan fingerprint density at radius 1 is 1.53 bits per heavy atom. The maximum Gasteiger partial charge on any atom is 0.0694 e. The summed E-state index contributed by atoms with van der Waals surface area (Å²) in [4.78, 5) is 0. The van der Waals surface area contributed by atoms with Crippen LogP contribution in [0.1, 0.15) is 57.7 Å². The first-order valence-electron chi connectivity index (χ1n) is 7.27. The molecular formula is C15H27N3O. The number of hydrogen-bond donors (Lipinski definition) is 1. The number of nitrogens with one attached hydrogen (secondary N) is 1. The third kappa shape index (κ3) is 3.80. The van der Waals surface area contributed by atoms with Gasteiger partial charge in [0.2, 0.25) is 0 Å². The lowest BCUT2D eigenvalue weighted by atomic mass is 9.93. The third-order valence-electron chi connectivity index (χ3n) is 3.76. The average molecular weight is 265 g/mol. The van der Waals surface area contributed by atoms with Gasteiger partial charge in [0.05, 0.1) is 11.3 Å². The van der Waals surface area contributed by atoms with E-state index in [1.54, 1.807) is 0 Å². The molecule has 0 bridgehead atoms. The molecule has 1 atom stereocenters. The molecule has 0 saturated carbocycles. The Balaban J connectivity index is 1.95. The van der Waals surface area contributed by atoms with Gasteiger partial charge in [0.25, 0.3) is 0 Å². The number of rotatable bonds is 4. The lowest BCUT2D eigenvalue weighted by Gasteiger charge is -2.36. The second-order valence-corrected chi connectivity index (χ2v) is 6.55. The zero-order chi connectivity index (χ0) is 14.0. The molecule has 108 valence electrons. The summed E-state index contributed by atoms with van der Waals surface area (Å²) >= 11 is 0. The molecule has 19 heavy (non-hydrogen) atoms. The zero-order valence-corrected chi connectivity index (χ0v) is 12.9. The highest BCUT2D eigenvalue weighted by atomic mass is 16.5. The van der Waals surface area contributed by atoms with E-state index in [-0.39, 0.29) is 5.60 Å². The molecule has 1 fully saturated rings. The molecular weight excluding hydrogens is 238 g/mol. The van der Waals surface area contributed by atoms with E-state index in [1.807, 2.05) is 11.7 Å². The van der Waals surface area contributed by atoms with Crippen LogP contribution in [0.3, 0.4) is 0 Å². The van der Waals surface area contributed by atoms with Gasteiger partial charge in [0.1, 0.15) is 0 Å². The molecule has 0 spiro atoms. The molecule has 4 nitrogen and oxygen atoms in total. The van der Waals surface area contributed by atoms with Crippen LogP contribution in [0.15, 0.2) is 6.20 Å². The minimum Gasteiger partial charge on any atom is -0.375 e. The number of aryl methyl sites for hydroxylation is 1. The third-order valence-corrected chi connectivity index (χ3v) is 3.76. The fraction of sp³-hybridized carbons (Fsp3) is 0.800. The predicted octanol–water partition coefficient (Wildman–Crippen LogP) is 2.59. The van der Waals surface area contributed by atoms with Gasteiger partial charge in [-0.15, -0.1) is 0 Å². The minimum atomic E-state index is 0.00569. The van der Waals surface area contributed by atoms with Crippen molar-refractivity contribution >= 4 is 0 Å². The monoisotopic (exact) mass is 265 g/mol. The Morgan fingerprint density at radius 2 is 2.26 bits per heavy atom. The van der Waals surface area contributed by atoms with Gasteiger partial charge in [-0.1, -0.05) is 13.8 Å². The van der Waals surface area contributed by atoms with Crippen molar-refractivity contribution in [1.29, 1.82) is 0 Å². The molecule has 0 aliphatic carbocycles. The number of ether oxygens (including phenoxy) is 1. The van der Waals surface area contributed by atoms with Crippen molar-refractivity contribution in [3.8, 4) is 0 Å². The van der Waals surface area contributed by atoms with Crippen molar-refractivity contribution in [2.45, 2.75) is 64.6 Å². The summed E-state index contributed by atoms with van der Waals surface area (Å²) in [6.07, 6.45) is 4.30. The van der Waals surface area contributed by atoms with Crippen LogP contribution in [-0.2, 0) is 18.3 Å². The molecule has 1 N–H and O–H groups in total. The molecule has 4 heteroatoms. The van der Waals surface area contributed by atoms with Crippen LogP contribution in [0.4, 0.5) is 0 Å². The molecule has 1 unspecified atom stereocenters. The largest absolute Gasteiger partial charge is 0.375 e. The van der Waals surface area contributed by atoms with E-state index in [9.17, 15) is 0 Å². The van der Waals surface area contributed by atoms with Crippen LogP contribution in [0.25, 0.3) is 0 Å². The molecule has 1 aromatic heterocycles. The minimum absolute atomic E-state index is 0.00569. The molecule has 1 aliphatic heterocycles. The summed E-state index contributed by atoms with van der Waals surface area (Å²) in [6, 6.07) is 0.545. The summed E-state index contributed by atoms with van der Waals surface area (Å²) in [7, 11) is 1.99. The first-order valence-corrected chi connectivity index (χ1v) is 7.27. The summed E-state index contributed by atoms with van der Waals surface area (Å²) in [5.74, 6) is 0.476. The lowest BCUT2D eigenvalue weighted by molar-refractivity contribution is -0.0630. The first-order chi connectivity index (χ1) is 8.87. The molecule has 0 aromatic carbocycles. The molecule has 0 radical (unpaired) electrons. The fourth-order valence-corrected chi connectivity index (χ4v) is 2.84. The second-order valence-electron chi connectivity index (χ2n) is 6.55. The SMILES string of the molecule is CC(C)c1nn(C)cc1CNC1CCOC(C)(C)C1. The summed E-state index contributed by atoms with van der Waals surface area (Å²) in [5, 5.41) is 8.22. The Labute approximate surface area is 116 Å². The van der Waals surface area contributed by atoms with Crippen LogP contribution < -0.4 is 5.32 Å². The molecule has 2 rings (SSSR count). The van der Waals surface area contributed by atoms with Gasteiger partial charge >= 0.3 is 0 Å². The van der Waals surface area contributed by atoms with Gasteiger partial charge < -0.3 is 10.1 Å². The first kappa shape index (κ1) is 14.5. The summed E-state index contributed by atoms with van der Waals surface area (Å²) in [6.45, 7) is 10.5. The van der Waals surface area contributed by atoms with Crippen LogP contribution >= 0.6 is 0 Å². The Hall–Kier alpha value is -0.870. The van der Waals surface area contributed by atoms with Crippen molar-refractivity contribution in [3.05, 3.63) is 17.5 Å². The quantitative estimate of drug-likeness (QED) is 0.909. The number of nitrogens with zero attached hydrogens (tertiary/aromatic N) is 2. The van der Waals surface area contributed by atoms with E-state index in [2.05, 4.69) is 44.3 Å². The predicted molar refractivity (Wildman–Crippen MR) is 77.2 cm³/mol. The van der Waals surface area contributed by atoms with Crippen LogP contribution in [0.5, 0.6) is 0 Å². The van der Waals surface area contributed by atoms with E-state index < -0.39 is 0 Å². The molecule has 1 aromatic rings. The smallest absolute Gasteiger partial charge is 0.0694 e. The normalized spacial score (nSPS) is 22.9. The van der Waals surface area contributed by atoms with Gasteiger partial charge in [-0.05, 0) is 32.6 Å². The van der Waals surface area contributed by atoms with E-state index >= 15 is 0 Å². The van der Waals surface area contributed by atoms with E-state index in [0.717, 1.165) is 26.0 Å². The van der Waals surface area contributed by atoms with Crippen molar-refractivity contribution in [2.24, 2.45) is 7.05 Å². The standard InChI is InChI=1S/C15H27N3O/c1-11(2)14-12(10-18(5)17-14)9-16-13-6-7-19-15(3,4)8-13/h10-11,13,16H,6-9H2,1-5H3. The molecule has 1 saturated heterocycles. The van der Waals surface area contributed by atoms with Gasteiger partial charge in [0.15, 0.2) is 0 Å². The van der Waals surface area contributed by atoms with E-state index in [4.69, 9.17) is 4.74 Å². The highest BCUT2D eigenvalue weighted by Gasteiger charge is 2.28. The molecule has 0 amide bonds. The molecule has 1 aliphatic rings. The van der Waals surface area contributed by atoms with E-state index in [1.165, 1.54) is 11.3 Å². The summed E-state index contributed by atoms with van der Waals surface area (Å²) in [5.41, 5.74) is 2.54. The van der Waals surface area contributed by atoms with Crippen molar-refractivity contribution in [3.63, 3.8) is 0 Å². The van der Waals surface area contributed by atoms with Crippen LogP contribution in [-0.4, -0.2) is 28.0 Å². The zero-order valence-electron chi connectivity index (χ0n) is 12.9. The maximum atomic E-state index is 5.76. The lowest BCUT2D eigenvalue weighted by Crippen LogP contribution is -2.43. The highest BCUT2D eigenvalue weighted by Crippen LogP contribution is 2.24. The Bertz CT molecular complexity index is 423. The topological polar surface area (TPSA) is 39.1 Å². The van der Waals surface area contributed by atoms with Gasteiger partial charge in [0, 0.05) is 38.0 Å². The van der Waals surface area contributed by atoms with Crippen molar-refractivity contribution in [2.75, 3.05) is 6.61 Å². The molecule has 2 heterocycles. The van der Waals surface area contributed by atoms with Crippen LogP contribution in [0.2, 0.25) is 0 Å². The summed E-state index contributed by atoms with van der Waals surface area (Å²) < 4.78 is 7.67. The van der Waals surface area contributed by atoms with E-state index in [0.29, 0.717) is 12.0 Å². The number of aromatic nitrogens is 2. The number of hydrogen-bond acceptors (Lipinski definition) is 3. The fourth-order valence-electron chi connectivity index (χ4n) is 2.84. The average Bonchev–Trinajstić information content (AvgIpc) is 2.67. The Morgan fingerprint density at radius 3 is 2.89 bits per heavy atom. The van der Waals surface area contributed by atoms with Gasteiger partial charge in [-0.2, -0.15) is 5.10 Å². The van der Waals surface area contributed by atoms with Crippen LogP contribution in [0, 0.1) is 0 Å². The Kier molecular flexibility index (Phi) is 4.31. The van der Waals surface area contributed by atoms with Crippen molar-refractivity contribution in [1.82, 2.24) is 15.1 Å². The maximum absolute atomic E-state index is 5.76. The second kappa shape index (κ2) is 5.63. The van der Waals surface area contributed by atoms with Crippen molar-refractivity contribution < 1.29 is 4.74 Å². The van der Waals surface area contributed by atoms with Gasteiger partial charge in [-0.3, -0.25) is 4.68 Å². The highest BCUT2D eigenvalue weighted by molar-refractivity contribution is 5.20.